The number of carbonyl (C=O) groups excluding carboxylic acids is 1. The van der Waals surface area contributed by atoms with E-state index in [-0.39, 0.29) is 23.5 Å². The van der Waals surface area contributed by atoms with E-state index in [2.05, 4.69) is 20.9 Å². The van der Waals surface area contributed by atoms with Gasteiger partial charge in [-0.3, -0.25) is 10.1 Å². The Bertz CT molecular complexity index is 1050. The van der Waals surface area contributed by atoms with E-state index in [1.165, 1.54) is 23.5 Å². The number of aromatic nitrogens is 1. The number of anilines is 1. The number of hydrogen-bond donors (Lipinski definition) is 1. The fourth-order valence-corrected chi connectivity index (χ4v) is 3.58. The van der Waals surface area contributed by atoms with Crippen LogP contribution in [-0.2, 0) is 11.3 Å². The number of hydrogen-bond acceptors (Lipinski definition) is 8. The van der Waals surface area contributed by atoms with E-state index in [4.69, 9.17) is 15.2 Å². The number of halogens is 1. The molecule has 0 aliphatic carbocycles. The summed E-state index contributed by atoms with van der Waals surface area (Å²) in [6, 6.07) is 9.20. The minimum absolute atomic E-state index is 0.0571. The number of nitrogens with two attached hydrogens (primary N) is 1. The molecule has 3 aromatic rings. The van der Waals surface area contributed by atoms with Gasteiger partial charge in [-0.1, -0.05) is 15.9 Å². The van der Waals surface area contributed by atoms with Gasteiger partial charge in [0.05, 0.1) is 28.9 Å². The molecule has 10 heteroatoms. The zero-order chi connectivity index (χ0) is 20.3. The molecule has 0 saturated carbocycles. The monoisotopic (exact) mass is 463 g/mol. The highest BCUT2D eigenvalue weighted by Crippen LogP contribution is 2.34. The molecule has 0 spiro atoms. The maximum atomic E-state index is 12.3. The Morgan fingerprint density at radius 1 is 1.32 bits per heavy atom. The van der Waals surface area contributed by atoms with Crippen molar-refractivity contribution in [3.63, 3.8) is 0 Å². The van der Waals surface area contributed by atoms with Crippen LogP contribution < -0.4 is 10.5 Å². The van der Waals surface area contributed by atoms with Gasteiger partial charge in [-0.25, -0.2) is 9.78 Å². The van der Waals surface area contributed by atoms with Crippen LogP contribution in [0.25, 0.3) is 10.6 Å². The molecule has 2 N–H and O–H groups in total. The largest absolute Gasteiger partial charge is 0.496 e. The second-order valence-corrected chi connectivity index (χ2v) is 7.37. The van der Waals surface area contributed by atoms with E-state index >= 15 is 0 Å². The van der Waals surface area contributed by atoms with Gasteiger partial charge in [-0.15, -0.1) is 11.3 Å². The number of nitro groups is 1. The van der Waals surface area contributed by atoms with Crippen LogP contribution in [0.3, 0.4) is 0 Å². The number of esters is 1. The fourth-order valence-electron chi connectivity index (χ4n) is 2.40. The van der Waals surface area contributed by atoms with Crippen molar-refractivity contribution in [2.45, 2.75) is 6.61 Å². The smallest absolute Gasteiger partial charge is 0.340 e. The van der Waals surface area contributed by atoms with Gasteiger partial charge in [0.2, 0.25) is 0 Å². The third-order valence-corrected chi connectivity index (χ3v) is 5.18. The van der Waals surface area contributed by atoms with Gasteiger partial charge in [-0.05, 0) is 24.3 Å². The Balaban J connectivity index is 1.75. The van der Waals surface area contributed by atoms with Gasteiger partial charge in [0.1, 0.15) is 17.4 Å². The van der Waals surface area contributed by atoms with Gasteiger partial charge >= 0.3 is 5.97 Å². The first-order valence-electron chi connectivity index (χ1n) is 7.88. The third-order valence-electron chi connectivity index (χ3n) is 3.76. The molecule has 8 nitrogen and oxygen atoms in total. The van der Waals surface area contributed by atoms with Crippen molar-refractivity contribution in [1.29, 1.82) is 0 Å². The van der Waals surface area contributed by atoms with Crippen LogP contribution in [-0.4, -0.2) is 23.0 Å². The molecule has 0 aliphatic rings. The molecule has 0 radical (unpaired) electrons. The van der Waals surface area contributed by atoms with E-state index in [0.717, 1.165) is 16.1 Å². The molecular weight excluding hydrogens is 450 g/mol. The lowest BCUT2D eigenvalue weighted by Gasteiger charge is -2.07. The maximum Gasteiger partial charge on any atom is 0.340 e. The minimum atomic E-state index is -0.754. The summed E-state index contributed by atoms with van der Waals surface area (Å²) in [5.74, 6) is -0.0822. The second kappa shape index (κ2) is 8.36. The Labute approximate surface area is 172 Å². The summed E-state index contributed by atoms with van der Waals surface area (Å²) in [6.07, 6.45) is 0. The molecule has 0 unspecified atom stereocenters. The summed E-state index contributed by atoms with van der Waals surface area (Å²) in [6.45, 7) is -0.0895. The zero-order valence-electron chi connectivity index (χ0n) is 14.5. The van der Waals surface area contributed by atoms with Crippen molar-refractivity contribution in [3.05, 3.63) is 67.6 Å². The quantitative estimate of drug-likeness (QED) is 0.248. The Morgan fingerprint density at radius 3 is 2.82 bits per heavy atom. The van der Waals surface area contributed by atoms with Gasteiger partial charge in [0.15, 0.2) is 0 Å². The number of nitrogens with zero attached hydrogens (tertiary/aromatic N) is 2. The first-order chi connectivity index (χ1) is 13.4. The first-order valence-corrected chi connectivity index (χ1v) is 9.55. The predicted molar refractivity (Wildman–Crippen MR) is 108 cm³/mol. The second-order valence-electron chi connectivity index (χ2n) is 5.59. The van der Waals surface area contributed by atoms with Gasteiger partial charge < -0.3 is 15.2 Å². The van der Waals surface area contributed by atoms with Crippen molar-refractivity contribution in [1.82, 2.24) is 4.98 Å². The fraction of sp³-hybridized carbons (Fsp3) is 0.111. The van der Waals surface area contributed by atoms with Crippen LogP contribution in [0.1, 0.15) is 16.1 Å². The summed E-state index contributed by atoms with van der Waals surface area (Å²) in [5, 5.41) is 13.3. The van der Waals surface area contributed by atoms with Crippen molar-refractivity contribution in [3.8, 4) is 16.3 Å². The highest BCUT2D eigenvalue weighted by atomic mass is 79.9. The van der Waals surface area contributed by atoms with Gasteiger partial charge in [0, 0.05) is 27.7 Å². The van der Waals surface area contributed by atoms with Crippen LogP contribution in [0.15, 0.2) is 46.3 Å². The average Bonchev–Trinajstić information content (AvgIpc) is 3.15. The Hall–Kier alpha value is -2.98. The normalized spacial score (nSPS) is 10.5. The number of nitrogen functional groups attached to an aromatic ring is 1. The molecule has 0 aliphatic heterocycles. The topological polar surface area (TPSA) is 118 Å². The van der Waals surface area contributed by atoms with Gasteiger partial charge in [0.25, 0.3) is 5.69 Å². The number of rotatable bonds is 6. The molecule has 0 amide bonds. The lowest BCUT2D eigenvalue weighted by atomic mass is 10.1. The van der Waals surface area contributed by atoms with Crippen LogP contribution in [0.2, 0.25) is 0 Å². The molecular formula is C18H14BrN3O5S. The number of thiazole rings is 1. The number of ether oxygens (including phenoxy) is 2. The highest BCUT2D eigenvalue weighted by molar-refractivity contribution is 9.10. The SMILES string of the molecule is COc1ccc(Br)cc1-c1nc(COC(=O)c2cc([N+](=O)[O-])ccc2N)cs1. The summed E-state index contributed by atoms with van der Waals surface area (Å²) >= 11 is 4.80. The molecule has 2 aromatic carbocycles. The van der Waals surface area contributed by atoms with Crippen molar-refractivity contribution < 1.29 is 19.2 Å². The molecule has 1 aromatic heterocycles. The van der Waals surface area contributed by atoms with E-state index in [9.17, 15) is 14.9 Å². The van der Waals surface area contributed by atoms with Crippen LogP contribution in [0.4, 0.5) is 11.4 Å². The summed E-state index contributed by atoms with van der Waals surface area (Å²) < 4.78 is 11.5. The van der Waals surface area contributed by atoms with Crippen LogP contribution in [0, 0.1) is 10.1 Å². The molecule has 0 fully saturated rings. The zero-order valence-corrected chi connectivity index (χ0v) is 17.0. The molecule has 0 saturated heterocycles. The molecule has 1 heterocycles. The molecule has 28 heavy (non-hydrogen) atoms. The standard InChI is InChI=1S/C18H14BrN3O5S/c1-26-16-5-2-10(19)6-14(16)17-21-11(9-28-17)8-27-18(23)13-7-12(22(24)25)3-4-15(13)20/h2-7,9H,8,20H2,1H3. The minimum Gasteiger partial charge on any atom is -0.496 e. The number of carbonyl (C=O) groups is 1. The average molecular weight is 464 g/mol. The third kappa shape index (κ3) is 4.29. The van der Waals surface area contributed by atoms with E-state index in [0.29, 0.717) is 16.5 Å². The molecule has 0 atom stereocenters. The number of non-ortho nitro benzene ring substituents is 1. The van der Waals surface area contributed by atoms with Crippen molar-refractivity contribution in [2.75, 3.05) is 12.8 Å². The summed E-state index contributed by atoms with van der Waals surface area (Å²) in [7, 11) is 1.58. The number of nitro benzene ring substituents is 1. The number of methoxy groups -OCH3 is 1. The molecule has 3 rings (SSSR count). The van der Waals surface area contributed by atoms with E-state index in [1.807, 2.05) is 18.2 Å². The number of benzene rings is 2. The van der Waals surface area contributed by atoms with Crippen molar-refractivity contribution >= 4 is 44.6 Å². The lowest BCUT2D eigenvalue weighted by molar-refractivity contribution is -0.384. The predicted octanol–water partition coefficient (Wildman–Crippen LogP) is 4.43. The molecule has 0 bridgehead atoms. The van der Waals surface area contributed by atoms with E-state index < -0.39 is 10.9 Å². The Morgan fingerprint density at radius 2 is 2.11 bits per heavy atom. The maximum absolute atomic E-state index is 12.3. The van der Waals surface area contributed by atoms with Crippen molar-refractivity contribution in [2.24, 2.45) is 0 Å². The van der Waals surface area contributed by atoms with Crippen LogP contribution >= 0.6 is 27.3 Å². The van der Waals surface area contributed by atoms with Gasteiger partial charge in [-0.2, -0.15) is 0 Å². The molecule has 144 valence electrons. The summed E-state index contributed by atoms with van der Waals surface area (Å²) in [4.78, 5) is 27.0. The van der Waals surface area contributed by atoms with E-state index in [1.54, 1.807) is 12.5 Å². The summed E-state index contributed by atoms with van der Waals surface area (Å²) in [5.41, 5.74) is 6.89. The lowest BCUT2D eigenvalue weighted by Crippen LogP contribution is -2.09. The van der Waals surface area contributed by atoms with Crippen LogP contribution in [0.5, 0.6) is 5.75 Å². The Kier molecular flexibility index (Phi) is 5.90. The first kappa shape index (κ1) is 19.8. The highest BCUT2D eigenvalue weighted by Gasteiger charge is 2.18.